The average molecular weight is 283 g/mol. The fourth-order valence-electron chi connectivity index (χ4n) is 1.91. The minimum atomic E-state index is -0.219. The van der Waals surface area contributed by atoms with Crippen LogP contribution in [0.25, 0.3) is 11.3 Å². The number of aromatic nitrogens is 3. The number of nitrogens with zero attached hydrogens (tertiary/aromatic N) is 3. The van der Waals surface area contributed by atoms with E-state index in [0.29, 0.717) is 22.9 Å². The largest absolute Gasteiger partial charge is 0.503 e. The van der Waals surface area contributed by atoms with Crippen LogP contribution in [0.4, 0.5) is 0 Å². The number of aromatic hydroxyl groups is 2. The standard InChI is InChI=1S/C15H13N3O3/c1-18-9-11(14(19)15(18)20)12-7-17-13(8-16-12)21-10-5-3-2-4-6-10/h2-9,19-20H,1H3. The van der Waals surface area contributed by atoms with Gasteiger partial charge in [-0.3, -0.25) is 0 Å². The molecule has 0 atom stereocenters. The minimum Gasteiger partial charge on any atom is -0.503 e. The van der Waals surface area contributed by atoms with E-state index in [2.05, 4.69) is 9.97 Å². The van der Waals surface area contributed by atoms with Crippen molar-refractivity contribution in [1.82, 2.24) is 14.5 Å². The second-order valence-corrected chi connectivity index (χ2v) is 4.48. The molecule has 2 aromatic heterocycles. The third-order valence-electron chi connectivity index (χ3n) is 2.99. The molecule has 0 aliphatic rings. The Labute approximate surface area is 120 Å². The Morgan fingerprint density at radius 1 is 1.05 bits per heavy atom. The van der Waals surface area contributed by atoms with Gasteiger partial charge in [-0.25, -0.2) is 9.97 Å². The summed E-state index contributed by atoms with van der Waals surface area (Å²) in [6, 6.07) is 9.25. The van der Waals surface area contributed by atoms with E-state index >= 15 is 0 Å². The highest BCUT2D eigenvalue weighted by Gasteiger charge is 2.15. The SMILES string of the molecule is Cn1cc(-c2cnc(Oc3ccccc3)cn2)c(O)c1O. The van der Waals surface area contributed by atoms with Crippen LogP contribution in [-0.2, 0) is 7.05 Å². The van der Waals surface area contributed by atoms with Crippen molar-refractivity contribution < 1.29 is 14.9 Å². The minimum absolute atomic E-state index is 0.212. The maximum Gasteiger partial charge on any atom is 0.237 e. The van der Waals surface area contributed by atoms with Gasteiger partial charge in [-0.1, -0.05) is 18.2 Å². The van der Waals surface area contributed by atoms with E-state index in [1.54, 1.807) is 13.2 Å². The zero-order valence-corrected chi connectivity index (χ0v) is 11.3. The first-order chi connectivity index (χ1) is 10.1. The molecule has 2 heterocycles. The van der Waals surface area contributed by atoms with Crippen LogP contribution in [-0.4, -0.2) is 24.7 Å². The molecule has 0 saturated carbocycles. The Bertz CT molecular complexity index is 752. The van der Waals surface area contributed by atoms with Crippen LogP contribution in [0.2, 0.25) is 0 Å². The molecule has 2 N–H and O–H groups in total. The fraction of sp³-hybridized carbons (Fsp3) is 0.0667. The summed E-state index contributed by atoms with van der Waals surface area (Å²) in [4.78, 5) is 8.33. The molecule has 106 valence electrons. The Hall–Kier alpha value is -3.02. The molecule has 0 spiro atoms. The first-order valence-electron chi connectivity index (χ1n) is 6.27. The quantitative estimate of drug-likeness (QED) is 0.772. The number of hydrogen-bond acceptors (Lipinski definition) is 5. The molecule has 0 aliphatic heterocycles. The molecule has 6 heteroatoms. The number of hydrogen-bond donors (Lipinski definition) is 2. The van der Waals surface area contributed by atoms with Crippen LogP contribution in [0.5, 0.6) is 23.3 Å². The Morgan fingerprint density at radius 2 is 1.81 bits per heavy atom. The number of para-hydroxylation sites is 1. The third-order valence-corrected chi connectivity index (χ3v) is 2.99. The molecule has 0 saturated heterocycles. The molecule has 0 amide bonds. The number of aryl methyl sites for hydroxylation is 1. The Morgan fingerprint density at radius 3 is 2.38 bits per heavy atom. The monoisotopic (exact) mass is 283 g/mol. The van der Waals surface area contributed by atoms with Crippen LogP contribution >= 0.6 is 0 Å². The summed E-state index contributed by atoms with van der Waals surface area (Å²) < 4.78 is 6.94. The molecule has 3 rings (SSSR count). The topological polar surface area (TPSA) is 80.4 Å². The summed E-state index contributed by atoms with van der Waals surface area (Å²) in [7, 11) is 1.62. The van der Waals surface area contributed by atoms with E-state index in [-0.39, 0.29) is 11.6 Å². The van der Waals surface area contributed by atoms with Gasteiger partial charge in [0.15, 0.2) is 5.75 Å². The lowest BCUT2D eigenvalue weighted by Crippen LogP contribution is -1.90. The molecule has 0 unspecified atom stereocenters. The van der Waals surface area contributed by atoms with Crippen molar-refractivity contribution in [3.05, 3.63) is 48.9 Å². The van der Waals surface area contributed by atoms with Gasteiger partial charge in [0.2, 0.25) is 11.8 Å². The molecule has 21 heavy (non-hydrogen) atoms. The van der Waals surface area contributed by atoms with E-state index < -0.39 is 0 Å². The Balaban J connectivity index is 1.85. The molecular formula is C15H13N3O3. The molecule has 0 radical (unpaired) electrons. The fourth-order valence-corrected chi connectivity index (χ4v) is 1.91. The van der Waals surface area contributed by atoms with Gasteiger partial charge in [0.05, 0.1) is 23.7 Å². The van der Waals surface area contributed by atoms with Crippen molar-refractivity contribution in [1.29, 1.82) is 0 Å². The van der Waals surface area contributed by atoms with Gasteiger partial charge >= 0.3 is 0 Å². The highest BCUT2D eigenvalue weighted by atomic mass is 16.5. The highest BCUT2D eigenvalue weighted by molar-refractivity contribution is 5.69. The van der Waals surface area contributed by atoms with Crippen molar-refractivity contribution in [3.8, 4) is 34.5 Å². The van der Waals surface area contributed by atoms with Gasteiger partial charge in [-0.2, -0.15) is 0 Å². The van der Waals surface area contributed by atoms with Gasteiger partial charge in [0.1, 0.15) is 5.75 Å². The second kappa shape index (κ2) is 5.16. The summed E-state index contributed by atoms with van der Waals surface area (Å²) in [5, 5.41) is 19.4. The van der Waals surface area contributed by atoms with E-state index in [1.807, 2.05) is 30.3 Å². The number of benzene rings is 1. The first kappa shape index (κ1) is 13.0. The summed E-state index contributed by atoms with van der Waals surface area (Å²) >= 11 is 0. The molecule has 0 bridgehead atoms. The third kappa shape index (κ3) is 2.51. The normalized spacial score (nSPS) is 10.5. The maximum atomic E-state index is 9.81. The van der Waals surface area contributed by atoms with Crippen LogP contribution in [0.15, 0.2) is 48.9 Å². The lowest BCUT2D eigenvalue weighted by Gasteiger charge is -2.04. The molecule has 0 fully saturated rings. The number of rotatable bonds is 3. The molecule has 1 aromatic carbocycles. The molecule has 0 aliphatic carbocycles. The lowest BCUT2D eigenvalue weighted by molar-refractivity contribution is 0.381. The van der Waals surface area contributed by atoms with Crippen molar-refractivity contribution >= 4 is 0 Å². The van der Waals surface area contributed by atoms with Crippen molar-refractivity contribution in [2.45, 2.75) is 0 Å². The van der Waals surface area contributed by atoms with Gasteiger partial charge in [-0.15, -0.1) is 0 Å². The van der Waals surface area contributed by atoms with E-state index in [0.717, 1.165) is 0 Å². The summed E-state index contributed by atoms with van der Waals surface area (Å²) in [5.41, 5.74) is 0.859. The predicted octanol–water partition coefficient (Wildman–Crippen LogP) is 2.69. The van der Waals surface area contributed by atoms with E-state index in [9.17, 15) is 10.2 Å². The zero-order valence-electron chi connectivity index (χ0n) is 11.3. The average Bonchev–Trinajstić information content (AvgIpc) is 2.77. The molecule has 3 aromatic rings. The van der Waals surface area contributed by atoms with Gasteiger partial charge in [-0.05, 0) is 12.1 Å². The van der Waals surface area contributed by atoms with Gasteiger partial charge in [0, 0.05) is 13.2 Å². The highest BCUT2D eigenvalue weighted by Crippen LogP contribution is 2.36. The van der Waals surface area contributed by atoms with Crippen molar-refractivity contribution in [3.63, 3.8) is 0 Å². The van der Waals surface area contributed by atoms with Crippen LogP contribution in [0.1, 0.15) is 0 Å². The number of ether oxygens (including phenoxy) is 1. The van der Waals surface area contributed by atoms with Crippen molar-refractivity contribution in [2.75, 3.05) is 0 Å². The van der Waals surface area contributed by atoms with E-state index in [1.165, 1.54) is 17.0 Å². The molecular weight excluding hydrogens is 270 g/mol. The first-order valence-corrected chi connectivity index (χ1v) is 6.27. The van der Waals surface area contributed by atoms with Gasteiger partial charge < -0.3 is 19.5 Å². The summed E-state index contributed by atoms with van der Waals surface area (Å²) in [5.74, 6) is 0.587. The smallest absolute Gasteiger partial charge is 0.237 e. The van der Waals surface area contributed by atoms with Crippen LogP contribution in [0, 0.1) is 0 Å². The lowest BCUT2D eigenvalue weighted by atomic mass is 10.2. The van der Waals surface area contributed by atoms with Crippen LogP contribution in [0.3, 0.4) is 0 Å². The van der Waals surface area contributed by atoms with Gasteiger partial charge in [0.25, 0.3) is 0 Å². The Kier molecular flexibility index (Phi) is 3.19. The van der Waals surface area contributed by atoms with E-state index in [4.69, 9.17) is 4.74 Å². The van der Waals surface area contributed by atoms with Crippen molar-refractivity contribution in [2.24, 2.45) is 7.05 Å². The van der Waals surface area contributed by atoms with Crippen LogP contribution < -0.4 is 4.74 Å². The second-order valence-electron chi connectivity index (χ2n) is 4.48. The summed E-state index contributed by atoms with van der Waals surface area (Å²) in [6.07, 6.45) is 4.52. The summed E-state index contributed by atoms with van der Waals surface area (Å²) in [6.45, 7) is 0. The maximum absolute atomic E-state index is 9.81. The molecule has 6 nitrogen and oxygen atoms in total. The predicted molar refractivity (Wildman–Crippen MR) is 76.3 cm³/mol. The zero-order chi connectivity index (χ0) is 14.8.